The first-order valence-electron chi connectivity index (χ1n) is 11.4. The monoisotopic (exact) mass is 544 g/mol. The van der Waals surface area contributed by atoms with Crippen LogP contribution in [-0.2, 0) is 20.8 Å². The van der Waals surface area contributed by atoms with E-state index in [0.29, 0.717) is 19.6 Å². The molecular weight excluding hydrogens is 507 g/mol. The molecule has 2 heterocycles. The van der Waals surface area contributed by atoms with Gasteiger partial charge in [-0.2, -0.15) is 0 Å². The lowest BCUT2D eigenvalue weighted by Crippen LogP contribution is -2.38. The largest absolute Gasteiger partial charge is 0.379 e. The average molecular weight is 544 g/mol. The molecule has 2 saturated heterocycles. The van der Waals surface area contributed by atoms with Crippen LogP contribution in [0.4, 0.5) is 5.69 Å². The lowest BCUT2D eigenvalue weighted by molar-refractivity contribution is -0.119. The molecule has 8 heteroatoms. The Morgan fingerprint density at radius 3 is 2.77 bits per heavy atom. The van der Waals surface area contributed by atoms with Crippen molar-refractivity contribution in [3.05, 3.63) is 29.8 Å². The maximum atomic E-state index is 12.1. The van der Waals surface area contributed by atoms with Crippen molar-refractivity contribution in [3.63, 3.8) is 0 Å². The van der Waals surface area contributed by atoms with Gasteiger partial charge in [0.05, 0.1) is 19.3 Å². The predicted octanol–water partition coefficient (Wildman–Crippen LogP) is 3.46. The molecule has 0 radical (unpaired) electrons. The number of hydrogen-bond acceptors (Lipinski definition) is 4. The van der Waals surface area contributed by atoms with Crippen LogP contribution in [0.5, 0.6) is 0 Å². The molecule has 1 atom stereocenters. The van der Waals surface area contributed by atoms with Gasteiger partial charge in [0.1, 0.15) is 0 Å². The smallest absolute Gasteiger partial charge is 0.226 e. The van der Waals surface area contributed by atoms with Crippen molar-refractivity contribution in [2.24, 2.45) is 4.99 Å². The Bertz CT molecular complexity index is 678. The van der Waals surface area contributed by atoms with Gasteiger partial charge in [0.15, 0.2) is 5.96 Å². The minimum Gasteiger partial charge on any atom is -0.379 e. The van der Waals surface area contributed by atoms with Crippen LogP contribution in [0.15, 0.2) is 29.3 Å². The zero-order chi connectivity index (χ0) is 21.0. The molecule has 1 amide bonds. The normalized spacial score (nSPS) is 19.3. The second-order valence-corrected chi connectivity index (χ2v) is 7.85. The fraction of sp³-hybridized carbons (Fsp3) is 0.652. The molecule has 0 bridgehead atoms. The Kier molecular flexibility index (Phi) is 12.2. The fourth-order valence-corrected chi connectivity index (χ4v) is 3.74. The number of carbonyl (C=O) groups excluding carboxylic acids is 1. The van der Waals surface area contributed by atoms with Gasteiger partial charge in [-0.15, -0.1) is 24.0 Å². The van der Waals surface area contributed by atoms with Gasteiger partial charge in [0.2, 0.25) is 5.91 Å². The van der Waals surface area contributed by atoms with Crippen LogP contribution in [-0.4, -0.2) is 57.4 Å². The molecule has 0 aliphatic carbocycles. The topological polar surface area (TPSA) is 75.2 Å². The first-order valence-corrected chi connectivity index (χ1v) is 11.4. The number of amides is 1. The minimum absolute atomic E-state index is 0. The number of carbonyl (C=O) groups is 1. The van der Waals surface area contributed by atoms with Crippen LogP contribution in [0.2, 0.25) is 0 Å². The van der Waals surface area contributed by atoms with E-state index in [4.69, 9.17) is 9.47 Å². The van der Waals surface area contributed by atoms with Crippen molar-refractivity contribution < 1.29 is 14.3 Å². The van der Waals surface area contributed by atoms with Crippen LogP contribution in [0.3, 0.4) is 0 Å². The lowest BCUT2D eigenvalue weighted by atomic mass is 10.1. The first-order chi connectivity index (χ1) is 14.8. The summed E-state index contributed by atoms with van der Waals surface area (Å²) >= 11 is 0. The summed E-state index contributed by atoms with van der Waals surface area (Å²) < 4.78 is 11.3. The van der Waals surface area contributed by atoms with E-state index in [0.717, 1.165) is 82.2 Å². The predicted molar refractivity (Wildman–Crippen MR) is 135 cm³/mol. The molecule has 2 fully saturated rings. The van der Waals surface area contributed by atoms with Gasteiger partial charge < -0.3 is 25.0 Å². The van der Waals surface area contributed by atoms with Gasteiger partial charge in [-0.1, -0.05) is 12.1 Å². The van der Waals surface area contributed by atoms with Crippen LogP contribution in [0, 0.1) is 0 Å². The molecular formula is C23H37IN4O3. The molecule has 3 rings (SSSR count). The van der Waals surface area contributed by atoms with E-state index in [2.05, 4.69) is 34.7 Å². The maximum Gasteiger partial charge on any atom is 0.226 e. The molecule has 31 heavy (non-hydrogen) atoms. The maximum absolute atomic E-state index is 12.1. The second kappa shape index (κ2) is 14.6. The van der Waals surface area contributed by atoms with Gasteiger partial charge >= 0.3 is 0 Å². The SMILES string of the molecule is CCNC(=NCc1ccc(N2CCCCC2=O)cc1)NCCCOCC1CCCO1.I. The molecule has 2 aliphatic heterocycles. The number of hydrogen-bond donors (Lipinski definition) is 2. The zero-order valence-electron chi connectivity index (χ0n) is 18.6. The third kappa shape index (κ3) is 8.94. The Hall–Kier alpha value is -1.39. The summed E-state index contributed by atoms with van der Waals surface area (Å²) in [5, 5.41) is 6.65. The number of guanidine groups is 1. The number of nitrogens with zero attached hydrogens (tertiary/aromatic N) is 2. The van der Waals surface area contributed by atoms with Gasteiger partial charge in [0.25, 0.3) is 0 Å². The van der Waals surface area contributed by atoms with Crippen molar-refractivity contribution >= 4 is 41.5 Å². The molecule has 2 aliphatic rings. The molecule has 1 unspecified atom stereocenters. The number of rotatable bonds is 10. The Balaban J connectivity index is 0.00000341. The Morgan fingerprint density at radius 2 is 2.06 bits per heavy atom. The van der Waals surface area contributed by atoms with E-state index in [1.54, 1.807) is 0 Å². The zero-order valence-corrected chi connectivity index (χ0v) is 20.9. The van der Waals surface area contributed by atoms with Gasteiger partial charge in [-0.3, -0.25) is 4.79 Å². The summed E-state index contributed by atoms with van der Waals surface area (Å²) in [6.45, 7) is 7.41. The minimum atomic E-state index is 0. The Morgan fingerprint density at radius 1 is 1.23 bits per heavy atom. The highest BCUT2D eigenvalue weighted by molar-refractivity contribution is 14.0. The highest BCUT2D eigenvalue weighted by Crippen LogP contribution is 2.21. The van der Waals surface area contributed by atoms with Gasteiger partial charge in [0, 0.05) is 45.0 Å². The van der Waals surface area contributed by atoms with E-state index in [-0.39, 0.29) is 36.0 Å². The van der Waals surface area contributed by atoms with E-state index >= 15 is 0 Å². The average Bonchev–Trinajstić information content (AvgIpc) is 3.29. The van der Waals surface area contributed by atoms with Gasteiger partial charge in [-0.05, 0) is 56.7 Å². The van der Waals surface area contributed by atoms with E-state index < -0.39 is 0 Å². The highest BCUT2D eigenvalue weighted by Gasteiger charge is 2.19. The summed E-state index contributed by atoms with van der Waals surface area (Å²) in [5.41, 5.74) is 2.11. The number of nitrogens with one attached hydrogen (secondary N) is 2. The summed E-state index contributed by atoms with van der Waals surface area (Å²) in [6.07, 6.45) is 6.22. The van der Waals surface area contributed by atoms with Crippen molar-refractivity contribution in [1.82, 2.24) is 10.6 Å². The number of aliphatic imine (C=N–C) groups is 1. The number of benzene rings is 1. The Labute approximate surface area is 203 Å². The lowest BCUT2D eigenvalue weighted by Gasteiger charge is -2.26. The summed E-state index contributed by atoms with van der Waals surface area (Å²) in [7, 11) is 0. The van der Waals surface area contributed by atoms with Crippen molar-refractivity contribution in [2.75, 3.05) is 44.4 Å². The number of halogens is 1. The van der Waals surface area contributed by atoms with Crippen LogP contribution < -0.4 is 15.5 Å². The molecule has 0 saturated carbocycles. The molecule has 1 aromatic carbocycles. The second-order valence-electron chi connectivity index (χ2n) is 7.85. The van der Waals surface area contributed by atoms with Crippen molar-refractivity contribution in [2.45, 2.75) is 58.1 Å². The highest BCUT2D eigenvalue weighted by atomic mass is 127. The first kappa shape index (κ1) is 25.9. The fourth-order valence-electron chi connectivity index (χ4n) is 3.74. The van der Waals surface area contributed by atoms with Crippen LogP contribution in [0.1, 0.15) is 51.0 Å². The van der Waals surface area contributed by atoms with Crippen molar-refractivity contribution in [3.8, 4) is 0 Å². The van der Waals surface area contributed by atoms with Crippen LogP contribution >= 0.6 is 24.0 Å². The quantitative estimate of drug-likeness (QED) is 0.204. The molecule has 7 nitrogen and oxygen atoms in total. The molecule has 0 aromatic heterocycles. The summed E-state index contributed by atoms with van der Waals surface area (Å²) in [5.74, 6) is 1.04. The van der Waals surface area contributed by atoms with E-state index in [9.17, 15) is 4.79 Å². The number of piperidine rings is 1. The van der Waals surface area contributed by atoms with Gasteiger partial charge in [-0.25, -0.2) is 4.99 Å². The third-order valence-electron chi connectivity index (χ3n) is 5.42. The van der Waals surface area contributed by atoms with Crippen LogP contribution in [0.25, 0.3) is 0 Å². The molecule has 0 spiro atoms. The molecule has 2 N–H and O–H groups in total. The van der Waals surface area contributed by atoms with E-state index in [1.165, 1.54) is 0 Å². The van der Waals surface area contributed by atoms with Crippen molar-refractivity contribution in [1.29, 1.82) is 0 Å². The summed E-state index contributed by atoms with van der Waals surface area (Å²) in [4.78, 5) is 18.6. The molecule has 1 aromatic rings. The van der Waals surface area contributed by atoms with E-state index in [1.807, 2.05) is 17.0 Å². The molecule has 174 valence electrons. The number of ether oxygens (including phenoxy) is 2. The third-order valence-corrected chi connectivity index (χ3v) is 5.42. The standard InChI is InChI=1S/C23H36N4O3.HI/c1-2-24-23(25-13-6-15-29-18-21-7-5-16-30-21)26-17-19-9-11-20(12-10-19)27-14-4-3-8-22(27)28;/h9-12,21H,2-8,13-18H2,1H3,(H2,24,25,26);1H. The summed E-state index contributed by atoms with van der Waals surface area (Å²) in [6, 6.07) is 8.17. The number of anilines is 1.